The van der Waals surface area contributed by atoms with Crippen LogP contribution in [-0.2, 0) is 0 Å². The number of carboxylic acid groups (broad SMARTS) is 1. The molecule has 0 amide bonds. The predicted molar refractivity (Wildman–Crippen MR) is 97.3 cm³/mol. The zero-order valence-corrected chi connectivity index (χ0v) is 14.8. The van der Waals surface area contributed by atoms with Crippen LogP contribution in [0.2, 0.25) is 5.02 Å². The second kappa shape index (κ2) is 5.90. The fourth-order valence-corrected chi connectivity index (χ4v) is 4.71. The lowest BCUT2D eigenvalue weighted by atomic mass is 10.1. The van der Waals surface area contributed by atoms with E-state index in [1.807, 2.05) is 18.3 Å². The van der Waals surface area contributed by atoms with E-state index in [0.717, 1.165) is 26.5 Å². The topological polar surface area (TPSA) is 55.1 Å². The molecule has 1 N–H and O–H groups in total. The first-order valence-corrected chi connectivity index (χ1v) is 9.25. The Hall–Kier alpha value is -1.85. The zero-order chi connectivity index (χ0) is 16.8. The van der Waals surface area contributed by atoms with Gasteiger partial charge >= 0.3 is 5.97 Å². The molecule has 1 fully saturated rings. The lowest BCUT2D eigenvalue weighted by Gasteiger charge is -2.13. The second-order valence-corrected chi connectivity index (χ2v) is 7.70. The summed E-state index contributed by atoms with van der Waals surface area (Å²) in [6.45, 7) is 1.73. The van der Waals surface area contributed by atoms with Gasteiger partial charge in [-0.15, -0.1) is 11.3 Å². The van der Waals surface area contributed by atoms with Crippen molar-refractivity contribution >= 4 is 39.8 Å². The Morgan fingerprint density at radius 3 is 2.79 bits per heavy atom. The molecule has 4 rings (SSSR count). The van der Waals surface area contributed by atoms with Crippen LogP contribution in [-0.4, -0.2) is 20.6 Å². The van der Waals surface area contributed by atoms with Crippen molar-refractivity contribution < 1.29 is 9.90 Å². The van der Waals surface area contributed by atoms with Crippen LogP contribution in [0.15, 0.2) is 24.4 Å². The molecule has 1 aromatic carbocycles. The van der Waals surface area contributed by atoms with Crippen molar-refractivity contribution in [2.45, 2.75) is 38.6 Å². The number of nitrogens with zero attached hydrogens (tertiary/aromatic N) is 2. The van der Waals surface area contributed by atoms with Gasteiger partial charge < -0.3 is 9.67 Å². The highest BCUT2D eigenvalue weighted by Gasteiger charge is 2.21. The number of fused-ring (bicyclic) bond motifs is 1. The molecule has 2 heterocycles. The first kappa shape index (κ1) is 15.7. The quantitative estimate of drug-likeness (QED) is 0.667. The smallest absolute Gasteiger partial charge is 0.347 e. The number of thiazole rings is 1. The molecule has 0 radical (unpaired) electrons. The van der Waals surface area contributed by atoms with E-state index in [9.17, 15) is 9.90 Å². The van der Waals surface area contributed by atoms with E-state index < -0.39 is 5.97 Å². The monoisotopic (exact) mass is 360 g/mol. The molecule has 4 nitrogen and oxygen atoms in total. The first-order valence-electron chi connectivity index (χ1n) is 8.06. The number of aryl methyl sites for hydroxylation is 1. The molecule has 1 saturated carbocycles. The summed E-state index contributed by atoms with van der Waals surface area (Å²) in [6.07, 6.45) is 6.99. The molecule has 0 spiro atoms. The Balaban J connectivity index is 1.80. The second-order valence-electron chi connectivity index (χ2n) is 6.29. The van der Waals surface area contributed by atoms with E-state index in [-0.39, 0.29) is 0 Å². The van der Waals surface area contributed by atoms with Crippen molar-refractivity contribution in [3.8, 4) is 10.6 Å². The lowest BCUT2D eigenvalue weighted by Crippen LogP contribution is -2.02. The number of carbonyl (C=O) groups is 1. The van der Waals surface area contributed by atoms with Crippen LogP contribution in [0.4, 0.5) is 0 Å². The third kappa shape index (κ3) is 2.52. The first-order chi connectivity index (χ1) is 11.5. The molecule has 3 aromatic rings. The van der Waals surface area contributed by atoms with Gasteiger partial charge in [0.15, 0.2) is 0 Å². The Morgan fingerprint density at radius 2 is 2.12 bits per heavy atom. The number of carboxylic acids is 1. The minimum Gasteiger partial charge on any atom is -0.477 e. The molecule has 2 aromatic heterocycles. The number of halogens is 1. The summed E-state index contributed by atoms with van der Waals surface area (Å²) < 4.78 is 2.30. The Morgan fingerprint density at radius 1 is 1.38 bits per heavy atom. The van der Waals surface area contributed by atoms with Gasteiger partial charge in [0, 0.05) is 28.7 Å². The van der Waals surface area contributed by atoms with Crippen LogP contribution in [0.25, 0.3) is 21.5 Å². The van der Waals surface area contributed by atoms with E-state index in [1.165, 1.54) is 37.0 Å². The van der Waals surface area contributed by atoms with Gasteiger partial charge in [-0.1, -0.05) is 24.4 Å². The van der Waals surface area contributed by atoms with Gasteiger partial charge in [0.05, 0.1) is 10.7 Å². The molecule has 0 unspecified atom stereocenters. The van der Waals surface area contributed by atoms with Gasteiger partial charge in [0.2, 0.25) is 0 Å². The number of rotatable bonds is 3. The largest absolute Gasteiger partial charge is 0.477 e. The van der Waals surface area contributed by atoms with E-state index in [4.69, 9.17) is 11.6 Å². The number of aromatic nitrogens is 2. The maximum atomic E-state index is 11.2. The number of aromatic carboxylic acids is 1. The number of hydrogen-bond acceptors (Lipinski definition) is 3. The molecule has 0 saturated heterocycles. The molecule has 6 heteroatoms. The van der Waals surface area contributed by atoms with Crippen molar-refractivity contribution in [1.82, 2.24) is 9.55 Å². The maximum Gasteiger partial charge on any atom is 0.347 e. The van der Waals surface area contributed by atoms with Gasteiger partial charge in [-0.05, 0) is 38.0 Å². The van der Waals surface area contributed by atoms with Crippen LogP contribution in [0, 0.1) is 6.92 Å². The van der Waals surface area contributed by atoms with Crippen LogP contribution in [0.3, 0.4) is 0 Å². The lowest BCUT2D eigenvalue weighted by molar-refractivity contribution is 0.0701. The fourth-order valence-electron chi connectivity index (χ4n) is 3.55. The average Bonchev–Trinajstić information content (AvgIpc) is 3.26. The van der Waals surface area contributed by atoms with Crippen molar-refractivity contribution in [3.63, 3.8) is 0 Å². The minimum absolute atomic E-state index is 0.291. The normalized spacial score (nSPS) is 15.4. The van der Waals surface area contributed by atoms with Gasteiger partial charge in [-0.3, -0.25) is 0 Å². The van der Waals surface area contributed by atoms with Gasteiger partial charge in [0.1, 0.15) is 9.88 Å². The minimum atomic E-state index is -0.928. The Labute approximate surface area is 148 Å². The molecule has 0 aliphatic heterocycles. The summed E-state index contributed by atoms with van der Waals surface area (Å²) in [4.78, 5) is 15.9. The van der Waals surface area contributed by atoms with Gasteiger partial charge in [-0.2, -0.15) is 0 Å². The van der Waals surface area contributed by atoms with E-state index >= 15 is 0 Å². The number of benzene rings is 1. The van der Waals surface area contributed by atoms with Gasteiger partial charge in [-0.25, -0.2) is 9.78 Å². The highest BCUT2D eigenvalue weighted by molar-refractivity contribution is 7.17. The van der Waals surface area contributed by atoms with E-state index in [1.54, 1.807) is 6.92 Å². The highest BCUT2D eigenvalue weighted by Crippen LogP contribution is 2.38. The van der Waals surface area contributed by atoms with Crippen molar-refractivity contribution in [2.75, 3.05) is 0 Å². The molecular weight excluding hydrogens is 344 g/mol. The summed E-state index contributed by atoms with van der Waals surface area (Å²) in [6, 6.07) is 6.64. The summed E-state index contributed by atoms with van der Waals surface area (Å²) in [5.74, 6) is -0.928. The molecule has 0 atom stereocenters. The zero-order valence-electron chi connectivity index (χ0n) is 13.3. The van der Waals surface area contributed by atoms with Crippen LogP contribution >= 0.6 is 22.9 Å². The molecule has 24 heavy (non-hydrogen) atoms. The van der Waals surface area contributed by atoms with E-state index in [0.29, 0.717) is 16.6 Å². The third-order valence-electron chi connectivity index (χ3n) is 4.74. The average molecular weight is 361 g/mol. The molecular formula is C18H17ClN2O2S. The van der Waals surface area contributed by atoms with Crippen molar-refractivity contribution in [1.29, 1.82) is 0 Å². The Kier molecular flexibility index (Phi) is 3.85. The fraction of sp³-hybridized carbons (Fsp3) is 0.333. The molecule has 124 valence electrons. The Bertz CT molecular complexity index is 938. The third-order valence-corrected chi connectivity index (χ3v) is 6.24. The van der Waals surface area contributed by atoms with Crippen LogP contribution in [0.5, 0.6) is 0 Å². The van der Waals surface area contributed by atoms with Crippen molar-refractivity contribution in [3.05, 3.63) is 40.0 Å². The maximum absolute atomic E-state index is 11.2. The van der Waals surface area contributed by atoms with Gasteiger partial charge in [0.25, 0.3) is 0 Å². The highest BCUT2D eigenvalue weighted by atomic mass is 35.5. The van der Waals surface area contributed by atoms with Crippen molar-refractivity contribution in [2.24, 2.45) is 0 Å². The molecule has 1 aliphatic carbocycles. The summed E-state index contributed by atoms with van der Waals surface area (Å²) >= 11 is 7.68. The number of hydrogen-bond donors (Lipinski definition) is 1. The van der Waals surface area contributed by atoms with Crippen LogP contribution in [0.1, 0.15) is 47.1 Å². The standard InChI is InChI=1S/C18H17ClN2O2S/c1-10-16(18(22)23)24-17(20-10)11-6-7-15-13(8-11)14(19)9-21(15)12-4-2-3-5-12/h6-9,12H,2-5H2,1H3,(H,22,23). The summed E-state index contributed by atoms with van der Waals surface area (Å²) in [5, 5.41) is 11.7. The van der Waals surface area contributed by atoms with E-state index in [2.05, 4.69) is 15.6 Å². The SMILES string of the molecule is Cc1nc(-c2ccc3c(c2)c(Cl)cn3C2CCCC2)sc1C(=O)O. The predicted octanol–water partition coefficient (Wildman–Crippen LogP) is 5.54. The molecule has 0 bridgehead atoms. The summed E-state index contributed by atoms with van der Waals surface area (Å²) in [5.41, 5.74) is 2.61. The summed E-state index contributed by atoms with van der Waals surface area (Å²) in [7, 11) is 0. The molecule has 1 aliphatic rings. The van der Waals surface area contributed by atoms with Crippen LogP contribution < -0.4 is 0 Å².